The number of hydrogen-bond donors (Lipinski definition) is 1. The van der Waals surface area contributed by atoms with E-state index in [1.807, 2.05) is 0 Å². The third-order valence-corrected chi connectivity index (χ3v) is 1.44. The van der Waals surface area contributed by atoms with E-state index in [-0.39, 0.29) is 0 Å². The van der Waals surface area contributed by atoms with Crippen molar-refractivity contribution < 1.29 is 45.0 Å². The molecule has 2 nitrogen and oxygen atoms in total. The Morgan fingerprint density at radius 2 is 1.44 bits per heavy atom. The largest absolute Gasteiger partial charge is 0.450 e. The van der Waals surface area contributed by atoms with Crippen molar-refractivity contribution in [2.24, 2.45) is 0 Å². The third-order valence-electron chi connectivity index (χ3n) is 1.44. The van der Waals surface area contributed by atoms with E-state index in [9.17, 15) is 35.1 Å². The van der Waals surface area contributed by atoms with Crippen LogP contribution in [0.5, 0.6) is 0 Å². The van der Waals surface area contributed by atoms with Crippen LogP contribution in [0.15, 0.2) is 0 Å². The second kappa shape index (κ2) is 4.70. The lowest BCUT2D eigenvalue weighted by atomic mass is 10.3. The first-order chi connectivity index (χ1) is 6.96. The molecule has 0 rings (SSSR count). The molecule has 0 aliphatic rings. The highest BCUT2D eigenvalue weighted by molar-refractivity contribution is 4.79. The predicted octanol–water partition coefficient (Wildman–Crippen LogP) is 2.12. The van der Waals surface area contributed by atoms with Crippen LogP contribution in [-0.4, -0.2) is 42.7 Å². The van der Waals surface area contributed by atoms with Crippen LogP contribution in [0.4, 0.5) is 35.1 Å². The summed E-state index contributed by atoms with van der Waals surface area (Å²) in [4.78, 5) is 0. The topological polar surface area (TPSA) is 29.5 Å². The zero-order chi connectivity index (χ0) is 13.2. The summed E-state index contributed by atoms with van der Waals surface area (Å²) in [5, 5.41) is 8.00. The van der Waals surface area contributed by atoms with Gasteiger partial charge < -0.3 is 9.84 Å². The zero-order valence-electron chi connectivity index (χ0n) is 7.37. The third kappa shape index (κ3) is 3.44. The number of ether oxygens (including phenoxy) is 1. The lowest BCUT2D eigenvalue weighted by molar-refractivity contribution is -0.356. The van der Waals surface area contributed by atoms with Crippen molar-refractivity contribution in [3.63, 3.8) is 0 Å². The normalized spacial score (nSPS) is 17.6. The average molecular weight is 262 g/mol. The van der Waals surface area contributed by atoms with Gasteiger partial charge in [0.1, 0.15) is 13.2 Å². The first-order valence-corrected chi connectivity index (χ1v) is 3.63. The van der Waals surface area contributed by atoms with Gasteiger partial charge in [-0.2, -0.15) is 26.3 Å². The summed E-state index contributed by atoms with van der Waals surface area (Å²) >= 11 is 0. The molecule has 10 heteroatoms. The molecule has 0 spiro atoms. The lowest BCUT2D eigenvalue weighted by Gasteiger charge is -2.27. The Hall–Kier alpha value is -0.640. The molecule has 0 aromatic carbocycles. The molecule has 1 unspecified atom stereocenters. The standard InChI is InChI=1S/C6H6F8O2/c7-3(8)4(9,10)2-16-5(11,1-15)6(12,13)14/h3,15H,1-2H2. The van der Waals surface area contributed by atoms with Crippen LogP contribution in [0.25, 0.3) is 0 Å². The minimum atomic E-state index is -5.81. The van der Waals surface area contributed by atoms with Gasteiger partial charge in [0.15, 0.2) is 0 Å². The van der Waals surface area contributed by atoms with Crippen LogP contribution >= 0.6 is 0 Å². The van der Waals surface area contributed by atoms with Gasteiger partial charge in [0.25, 0.3) is 0 Å². The number of alkyl halides is 8. The maximum absolute atomic E-state index is 12.6. The van der Waals surface area contributed by atoms with Crippen LogP contribution in [0, 0.1) is 0 Å². The lowest BCUT2D eigenvalue weighted by Crippen LogP contribution is -2.49. The highest BCUT2D eigenvalue weighted by Gasteiger charge is 2.59. The van der Waals surface area contributed by atoms with Gasteiger partial charge in [0, 0.05) is 0 Å². The molecule has 0 bridgehead atoms. The second-order valence-corrected chi connectivity index (χ2v) is 2.73. The Kier molecular flexibility index (Phi) is 4.51. The van der Waals surface area contributed by atoms with Gasteiger partial charge in [-0.1, -0.05) is 0 Å². The quantitative estimate of drug-likeness (QED) is 0.769. The van der Waals surface area contributed by atoms with Gasteiger partial charge in [-0.3, -0.25) is 0 Å². The summed E-state index contributed by atoms with van der Waals surface area (Å²) in [5.41, 5.74) is 0. The molecule has 98 valence electrons. The number of hydrogen-bond acceptors (Lipinski definition) is 2. The van der Waals surface area contributed by atoms with Crippen LogP contribution < -0.4 is 0 Å². The van der Waals surface area contributed by atoms with E-state index < -0.39 is 37.6 Å². The van der Waals surface area contributed by atoms with Crippen molar-refractivity contribution in [2.45, 2.75) is 24.4 Å². The van der Waals surface area contributed by atoms with Gasteiger partial charge in [0.05, 0.1) is 0 Å². The minimum Gasteiger partial charge on any atom is -0.390 e. The van der Waals surface area contributed by atoms with E-state index in [1.165, 1.54) is 0 Å². The first kappa shape index (κ1) is 15.4. The van der Waals surface area contributed by atoms with Crippen molar-refractivity contribution >= 4 is 0 Å². The van der Waals surface area contributed by atoms with Gasteiger partial charge in [-0.05, 0) is 0 Å². The fourth-order valence-corrected chi connectivity index (χ4v) is 0.491. The SMILES string of the molecule is OCC(F)(OCC(F)(F)C(F)F)C(F)(F)F. The average Bonchev–Trinajstić information content (AvgIpc) is 2.12. The fourth-order valence-electron chi connectivity index (χ4n) is 0.491. The summed E-state index contributed by atoms with van der Waals surface area (Å²) in [6.45, 7) is -4.81. The van der Waals surface area contributed by atoms with Gasteiger partial charge in [0.2, 0.25) is 0 Å². The molecular weight excluding hydrogens is 256 g/mol. The van der Waals surface area contributed by atoms with Gasteiger partial charge >= 0.3 is 24.4 Å². The maximum Gasteiger partial charge on any atom is 0.450 e. The minimum absolute atomic E-state index is 2.31. The van der Waals surface area contributed by atoms with Crippen molar-refractivity contribution in [1.29, 1.82) is 0 Å². The van der Waals surface area contributed by atoms with Gasteiger partial charge in [-0.25, -0.2) is 8.78 Å². The van der Waals surface area contributed by atoms with E-state index >= 15 is 0 Å². The van der Waals surface area contributed by atoms with Crippen molar-refractivity contribution in [3.8, 4) is 0 Å². The molecule has 0 aromatic rings. The van der Waals surface area contributed by atoms with Crippen molar-refractivity contribution in [2.75, 3.05) is 13.2 Å². The van der Waals surface area contributed by atoms with E-state index in [2.05, 4.69) is 4.74 Å². The van der Waals surface area contributed by atoms with Crippen molar-refractivity contribution in [3.05, 3.63) is 0 Å². The highest BCUT2D eigenvalue weighted by atomic mass is 19.4. The fraction of sp³-hybridized carbons (Fsp3) is 1.00. The van der Waals surface area contributed by atoms with Crippen molar-refractivity contribution in [1.82, 2.24) is 0 Å². The van der Waals surface area contributed by atoms with E-state index in [4.69, 9.17) is 5.11 Å². The summed E-state index contributed by atoms with van der Waals surface area (Å²) in [7, 11) is 0. The molecule has 1 N–H and O–H groups in total. The number of halogens is 8. The Morgan fingerprint density at radius 3 is 1.69 bits per heavy atom. The summed E-state index contributed by atoms with van der Waals surface area (Å²) in [6.07, 6.45) is -10.1. The Morgan fingerprint density at radius 1 is 1.00 bits per heavy atom. The van der Waals surface area contributed by atoms with E-state index in [0.717, 1.165) is 0 Å². The molecule has 1 atom stereocenters. The van der Waals surface area contributed by atoms with E-state index in [1.54, 1.807) is 0 Å². The molecular formula is C6H6F8O2. The molecule has 16 heavy (non-hydrogen) atoms. The zero-order valence-corrected chi connectivity index (χ0v) is 7.37. The highest BCUT2D eigenvalue weighted by Crippen LogP contribution is 2.36. The summed E-state index contributed by atoms with van der Waals surface area (Å²) in [5.74, 6) is -9.72. The molecule has 0 heterocycles. The molecule has 0 amide bonds. The van der Waals surface area contributed by atoms with Gasteiger partial charge in [-0.15, -0.1) is 0 Å². The Labute approximate surface area is 83.8 Å². The molecule has 0 saturated heterocycles. The second-order valence-electron chi connectivity index (χ2n) is 2.73. The number of aliphatic hydroxyl groups is 1. The monoisotopic (exact) mass is 262 g/mol. The summed E-state index contributed by atoms with van der Waals surface area (Å²) < 4.78 is 98.2. The number of aliphatic hydroxyl groups excluding tert-OH is 1. The maximum atomic E-state index is 12.6. The van der Waals surface area contributed by atoms with Crippen LogP contribution in [0.3, 0.4) is 0 Å². The Balaban J connectivity index is 4.60. The first-order valence-electron chi connectivity index (χ1n) is 3.63. The molecule has 0 radical (unpaired) electrons. The molecule has 0 aliphatic heterocycles. The van der Waals surface area contributed by atoms with Crippen LogP contribution in [-0.2, 0) is 4.74 Å². The van der Waals surface area contributed by atoms with E-state index in [0.29, 0.717) is 0 Å². The van der Waals surface area contributed by atoms with Crippen LogP contribution in [0.2, 0.25) is 0 Å². The summed E-state index contributed by atoms with van der Waals surface area (Å²) in [6, 6.07) is 0. The Bertz CT molecular complexity index is 227. The smallest absolute Gasteiger partial charge is 0.390 e. The van der Waals surface area contributed by atoms with Crippen LogP contribution in [0.1, 0.15) is 0 Å². The molecule has 0 aliphatic carbocycles. The molecule has 0 aromatic heterocycles. The predicted molar refractivity (Wildman–Crippen MR) is 33.9 cm³/mol. The number of rotatable bonds is 5. The molecule has 0 fully saturated rings. The molecule has 0 saturated carbocycles.